The van der Waals surface area contributed by atoms with Crippen molar-refractivity contribution >= 4 is 27.5 Å². The molecule has 0 aromatic heterocycles. The maximum Gasteiger partial charge on any atom is 0.264 e. The summed E-state index contributed by atoms with van der Waals surface area (Å²) in [5.41, 5.74) is 0.805. The fourth-order valence-corrected chi connectivity index (χ4v) is 5.34. The molecule has 214 valence electrons. The highest BCUT2D eigenvalue weighted by atomic mass is 32.2. The molecule has 1 unspecified atom stereocenters. The van der Waals surface area contributed by atoms with Gasteiger partial charge in [-0.1, -0.05) is 12.1 Å². The molecule has 9 nitrogen and oxygen atoms in total. The lowest BCUT2D eigenvalue weighted by Gasteiger charge is -2.32. The Morgan fingerprint density at radius 3 is 1.88 bits per heavy atom. The zero-order chi connectivity index (χ0) is 29.4. The normalized spacial score (nSPS) is 12.0. The number of nitrogens with one attached hydrogen (secondary N) is 1. The molecule has 1 atom stereocenters. The number of rotatable bonds is 12. The Balaban J connectivity index is 2.01. The summed E-state index contributed by atoms with van der Waals surface area (Å²) in [7, 11) is -1.28. The van der Waals surface area contributed by atoms with Crippen LogP contribution in [0, 0.1) is 5.82 Å². The SMILES string of the molecule is COc1ccc(CN(C(=O)CN(c2ccc(F)cc2)S(=O)(=O)c2ccc(OC)cc2)C(C)C(=O)NC(C)C)cc1. The van der Waals surface area contributed by atoms with Crippen molar-refractivity contribution in [2.45, 2.75) is 44.3 Å². The lowest BCUT2D eigenvalue weighted by atomic mass is 10.1. The first kappa shape index (κ1) is 30.4. The van der Waals surface area contributed by atoms with E-state index in [2.05, 4.69) is 5.32 Å². The highest BCUT2D eigenvalue weighted by Gasteiger charge is 2.32. The van der Waals surface area contributed by atoms with Crippen LogP contribution in [0.1, 0.15) is 26.3 Å². The van der Waals surface area contributed by atoms with E-state index < -0.39 is 34.3 Å². The summed E-state index contributed by atoms with van der Waals surface area (Å²) in [5, 5.41) is 2.80. The molecule has 2 amide bonds. The summed E-state index contributed by atoms with van der Waals surface area (Å²) in [4.78, 5) is 28.0. The van der Waals surface area contributed by atoms with Crippen LogP contribution in [0.15, 0.2) is 77.7 Å². The quantitative estimate of drug-likeness (QED) is 0.353. The van der Waals surface area contributed by atoms with Crippen LogP contribution in [-0.4, -0.2) is 58.0 Å². The van der Waals surface area contributed by atoms with Crippen LogP contribution in [0.25, 0.3) is 0 Å². The average Bonchev–Trinajstić information content (AvgIpc) is 2.94. The van der Waals surface area contributed by atoms with Crippen molar-refractivity contribution in [1.29, 1.82) is 0 Å². The highest BCUT2D eigenvalue weighted by molar-refractivity contribution is 7.92. The molecule has 3 rings (SSSR count). The number of carbonyl (C=O) groups excluding carboxylic acids is 2. The highest BCUT2D eigenvalue weighted by Crippen LogP contribution is 2.26. The number of halogens is 1. The summed E-state index contributed by atoms with van der Waals surface area (Å²) in [6, 6.07) is 16.4. The Morgan fingerprint density at radius 2 is 1.38 bits per heavy atom. The number of hydrogen-bond donors (Lipinski definition) is 1. The molecule has 0 spiro atoms. The third-order valence-electron chi connectivity index (χ3n) is 6.15. The van der Waals surface area contributed by atoms with Crippen LogP contribution in [-0.2, 0) is 26.2 Å². The van der Waals surface area contributed by atoms with Gasteiger partial charge in [-0.05, 0) is 87.0 Å². The molecule has 0 aliphatic rings. The van der Waals surface area contributed by atoms with Gasteiger partial charge in [0, 0.05) is 12.6 Å². The Kier molecular flexibility index (Phi) is 10.1. The molecule has 0 saturated heterocycles. The smallest absolute Gasteiger partial charge is 0.264 e. The average molecular weight is 572 g/mol. The van der Waals surface area contributed by atoms with Gasteiger partial charge in [-0.25, -0.2) is 12.8 Å². The minimum atomic E-state index is -4.28. The van der Waals surface area contributed by atoms with Crippen LogP contribution in [0.5, 0.6) is 11.5 Å². The van der Waals surface area contributed by atoms with E-state index in [9.17, 15) is 22.4 Å². The molecule has 11 heteroatoms. The van der Waals surface area contributed by atoms with Crippen molar-refractivity contribution in [3.8, 4) is 11.5 Å². The van der Waals surface area contributed by atoms with E-state index in [1.54, 1.807) is 45.0 Å². The minimum Gasteiger partial charge on any atom is -0.497 e. The van der Waals surface area contributed by atoms with E-state index in [4.69, 9.17) is 9.47 Å². The van der Waals surface area contributed by atoms with Gasteiger partial charge in [-0.15, -0.1) is 0 Å². The molecule has 0 bridgehead atoms. The molecule has 0 radical (unpaired) electrons. The lowest BCUT2D eigenvalue weighted by Crippen LogP contribution is -2.52. The van der Waals surface area contributed by atoms with Crippen molar-refractivity contribution in [2.75, 3.05) is 25.1 Å². The molecule has 0 aliphatic carbocycles. The first-order valence-electron chi connectivity index (χ1n) is 12.6. The Labute approximate surface area is 234 Å². The zero-order valence-corrected chi connectivity index (χ0v) is 23.9. The standard InChI is InChI=1S/C29H34FN3O6S/c1-20(2)31-29(35)21(3)32(18-22-6-12-25(38-4)13-7-22)28(34)19-33(24-10-8-23(30)9-11-24)40(36,37)27-16-14-26(39-5)15-17-27/h6-17,20-21H,18-19H2,1-5H3,(H,31,35). The summed E-state index contributed by atoms with van der Waals surface area (Å²) < 4.78 is 52.5. The topological polar surface area (TPSA) is 105 Å². The van der Waals surface area contributed by atoms with Gasteiger partial charge in [-0.3, -0.25) is 13.9 Å². The van der Waals surface area contributed by atoms with E-state index in [1.165, 1.54) is 55.5 Å². The maximum absolute atomic E-state index is 13.9. The van der Waals surface area contributed by atoms with Gasteiger partial charge in [0.2, 0.25) is 11.8 Å². The third kappa shape index (κ3) is 7.50. The number of carbonyl (C=O) groups is 2. The van der Waals surface area contributed by atoms with Gasteiger partial charge in [-0.2, -0.15) is 0 Å². The maximum atomic E-state index is 13.9. The monoisotopic (exact) mass is 571 g/mol. The number of hydrogen-bond acceptors (Lipinski definition) is 6. The summed E-state index contributed by atoms with van der Waals surface area (Å²) in [6.45, 7) is 4.60. The largest absolute Gasteiger partial charge is 0.497 e. The molecule has 3 aromatic rings. The van der Waals surface area contributed by atoms with Gasteiger partial charge < -0.3 is 19.7 Å². The molecule has 3 aromatic carbocycles. The van der Waals surface area contributed by atoms with Crippen molar-refractivity contribution in [3.05, 3.63) is 84.2 Å². The summed E-state index contributed by atoms with van der Waals surface area (Å²) >= 11 is 0. The molecule has 0 aliphatic heterocycles. The second-order valence-electron chi connectivity index (χ2n) is 9.37. The van der Waals surface area contributed by atoms with Crippen LogP contribution in [0.2, 0.25) is 0 Å². The zero-order valence-electron chi connectivity index (χ0n) is 23.1. The number of benzene rings is 3. The number of sulfonamides is 1. The van der Waals surface area contributed by atoms with Gasteiger partial charge >= 0.3 is 0 Å². The number of ether oxygens (including phenoxy) is 2. The van der Waals surface area contributed by atoms with Gasteiger partial charge in [0.05, 0.1) is 24.8 Å². The van der Waals surface area contributed by atoms with Crippen molar-refractivity contribution in [1.82, 2.24) is 10.2 Å². The summed E-state index contributed by atoms with van der Waals surface area (Å²) in [6.07, 6.45) is 0. The fourth-order valence-electron chi connectivity index (χ4n) is 3.93. The van der Waals surface area contributed by atoms with Crippen molar-refractivity contribution in [3.63, 3.8) is 0 Å². The van der Waals surface area contributed by atoms with E-state index in [1.807, 2.05) is 0 Å². The van der Waals surface area contributed by atoms with Crippen LogP contribution < -0.4 is 19.1 Å². The number of nitrogens with zero attached hydrogens (tertiary/aromatic N) is 2. The van der Waals surface area contributed by atoms with Gasteiger partial charge in [0.25, 0.3) is 10.0 Å². The minimum absolute atomic E-state index is 0.0371. The fraction of sp³-hybridized carbons (Fsp3) is 0.310. The van der Waals surface area contributed by atoms with E-state index >= 15 is 0 Å². The first-order chi connectivity index (χ1) is 19.0. The number of anilines is 1. The van der Waals surface area contributed by atoms with Gasteiger partial charge in [0.1, 0.15) is 29.9 Å². The van der Waals surface area contributed by atoms with Crippen LogP contribution in [0.3, 0.4) is 0 Å². The van der Waals surface area contributed by atoms with Gasteiger partial charge in [0.15, 0.2) is 0 Å². The molecule has 1 N–H and O–H groups in total. The van der Waals surface area contributed by atoms with E-state index in [0.29, 0.717) is 17.1 Å². The van der Waals surface area contributed by atoms with Crippen LogP contribution >= 0.6 is 0 Å². The van der Waals surface area contributed by atoms with Crippen molar-refractivity contribution < 1.29 is 31.9 Å². The van der Waals surface area contributed by atoms with Crippen molar-refractivity contribution in [2.24, 2.45) is 0 Å². The Hall–Kier alpha value is -4.12. The lowest BCUT2D eigenvalue weighted by molar-refractivity contribution is -0.139. The Morgan fingerprint density at radius 1 is 0.850 bits per heavy atom. The van der Waals surface area contributed by atoms with E-state index in [0.717, 1.165) is 16.4 Å². The predicted molar refractivity (Wildman–Crippen MR) is 150 cm³/mol. The molecular formula is C29H34FN3O6S. The molecule has 0 heterocycles. The number of methoxy groups -OCH3 is 2. The summed E-state index contributed by atoms with van der Waals surface area (Å²) in [5.74, 6) is -0.483. The number of amides is 2. The first-order valence-corrected chi connectivity index (χ1v) is 14.1. The molecule has 0 saturated carbocycles. The molecular weight excluding hydrogens is 537 g/mol. The predicted octanol–water partition coefficient (Wildman–Crippen LogP) is 3.98. The Bertz CT molecular complexity index is 1400. The second-order valence-corrected chi connectivity index (χ2v) is 11.2. The van der Waals surface area contributed by atoms with Crippen LogP contribution in [0.4, 0.5) is 10.1 Å². The third-order valence-corrected chi connectivity index (χ3v) is 7.94. The second kappa shape index (κ2) is 13.3. The molecule has 0 fully saturated rings. The van der Waals surface area contributed by atoms with E-state index in [-0.39, 0.29) is 29.1 Å². The molecule has 40 heavy (non-hydrogen) atoms.